The van der Waals surface area contributed by atoms with Gasteiger partial charge in [-0.1, -0.05) is 12.1 Å². The molecule has 196 valence electrons. The molecule has 2 amide bonds. The Morgan fingerprint density at radius 2 is 1.37 bits per heavy atom. The molecule has 3 heterocycles. The summed E-state index contributed by atoms with van der Waals surface area (Å²) in [7, 11) is 0. The van der Waals surface area contributed by atoms with Crippen LogP contribution in [0.25, 0.3) is 21.8 Å². The standard InChI is InChI=1S/C30H32N4O4/c1-17(2)32-25-15-19(5)24(16-26(25)33(18(3)4)30(32)37)34-28(35)21-8-6-7-20-23(31-11-13-38-14-12-31)10-9-22(27(20)21)29(34)36/h6-10,15-18H,11-14H2,1-5H3. The molecule has 1 saturated heterocycles. The predicted molar refractivity (Wildman–Crippen MR) is 150 cm³/mol. The van der Waals surface area contributed by atoms with Crippen LogP contribution in [-0.2, 0) is 4.74 Å². The Bertz CT molecular complexity index is 1670. The highest BCUT2D eigenvalue weighted by Gasteiger charge is 2.36. The number of anilines is 2. The number of fused-ring (bicyclic) bond motifs is 1. The van der Waals surface area contributed by atoms with E-state index in [9.17, 15) is 14.4 Å². The van der Waals surface area contributed by atoms with Gasteiger partial charge in [-0.25, -0.2) is 9.69 Å². The molecule has 0 saturated carbocycles. The lowest BCUT2D eigenvalue weighted by atomic mass is 9.92. The van der Waals surface area contributed by atoms with Gasteiger partial charge < -0.3 is 9.64 Å². The minimum absolute atomic E-state index is 0.0290. The minimum Gasteiger partial charge on any atom is -0.378 e. The second-order valence-corrected chi connectivity index (χ2v) is 10.7. The van der Waals surface area contributed by atoms with E-state index in [0.29, 0.717) is 40.9 Å². The summed E-state index contributed by atoms with van der Waals surface area (Å²) in [6.07, 6.45) is 0. The first-order valence-electron chi connectivity index (χ1n) is 13.2. The maximum absolute atomic E-state index is 14.0. The van der Waals surface area contributed by atoms with Crippen LogP contribution in [0.15, 0.2) is 47.3 Å². The molecule has 2 aliphatic rings. The number of benzene rings is 3. The number of imidazole rings is 1. The first-order chi connectivity index (χ1) is 18.2. The van der Waals surface area contributed by atoms with Crippen LogP contribution in [-0.4, -0.2) is 47.3 Å². The first-order valence-corrected chi connectivity index (χ1v) is 13.2. The van der Waals surface area contributed by atoms with Crippen molar-refractivity contribution in [3.63, 3.8) is 0 Å². The lowest BCUT2D eigenvalue weighted by Crippen LogP contribution is -2.41. The molecule has 38 heavy (non-hydrogen) atoms. The highest BCUT2D eigenvalue weighted by molar-refractivity contribution is 6.36. The second-order valence-electron chi connectivity index (χ2n) is 10.7. The quantitative estimate of drug-likeness (QED) is 0.357. The van der Waals surface area contributed by atoms with E-state index in [1.807, 2.05) is 71.0 Å². The third-order valence-electron chi connectivity index (χ3n) is 7.73. The molecule has 0 spiro atoms. The summed E-state index contributed by atoms with van der Waals surface area (Å²) in [5.41, 5.74) is 4.71. The Balaban J connectivity index is 1.54. The summed E-state index contributed by atoms with van der Waals surface area (Å²) < 4.78 is 9.03. The van der Waals surface area contributed by atoms with Crippen molar-refractivity contribution < 1.29 is 14.3 Å². The van der Waals surface area contributed by atoms with Crippen molar-refractivity contribution in [1.29, 1.82) is 0 Å². The maximum atomic E-state index is 14.0. The van der Waals surface area contributed by atoms with E-state index in [1.54, 1.807) is 15.2 Å². The average Bonchev–Trinajstić information content (AvgIpc) is 3.18. The molecular formula is C30H32N4O4. The summed E-state index contributed by atoms with van der Waals surface area (Å²) in [5, 5.41) is 1.60. The fourth-order valence-corrected chi connectivity index (χ4v) is 6.00. The number of rotatable bonds is 4. The van der Waals surface area contributed by atoms with Crippen molar-refractivity contribution in [3.8, 4) is 0 Å². The van der Waals surface area contributed by atoms with Crippen LogP contribution < -0.4 is 15.5 Å². The van der Waals surface area contributed by atoms with Gasteiger partial charge >= 0.3 is 5.69 Å². The highest BCUT2D eigenvalue weighted by atomic mass is 16.5. The van der Waals surface area contributed by atoms with Crippen LogP contribution in [0, 0.1) is 6.92 Å². The van der Waals surface area contributed by atoms with Crippen LogP contribution in [0.5, 0.6) is 0 Å². The van der Waals surface area contributed by atoms with Gasteiger partial charge in [-0.15, -0.1) is 0 Å². The maximum Gasteiger partial charge on any atom is 0.329 e. The largest absolute Gasteiger partial charge is 0.378 e. The van der Waals surface area contributed by atoms with E-state index in [1.165, 1.54) is 4.90 Å². The Labute approximate surface area is 221 Å². The van der Waals surface area contributed by atoms with Gasteiger partial charge in [0.15, 0.2) is 0 Å². The molecule has 0 N–H and O–H groups in total. The molecule has 2 aliphatic heterocycles. The van der Waals surface area contributed by atoms with E-state index < -0.39 is 0 Å². The van der Waals surface area contributed by atoms with Gasteiger partial charge in [0, 0.05) is 52.8 Å². The predicted octanol–water partition coefficient (Wildman–Crippen LogP) is 5.06. The van der Waals surface area contributed by atoms with E-state index in [-0.39, 0.29) is 29.6 Å². The van der Waals surface area contributed by atoms with Crippen LogP contribution in [0.1, 0.15) is 66.1 Å². The lowest BCUT2D eigenvalue weighted by Gasteiger charge is -2.32. The molecule has 4 aromatic rings. The van der Waals surface area contributed by atoms with Crippen molar-refractivity contribution in [2.45, 2.75) is 46.7 Å². The zero-order valence-electron chi connectivity index (χ0n) is 22.4. The molecule has 0 unspecified atom stereocenters. The number of aryl methyl sites for hydroxylation is 1. The van der Waals surface area contributed by atoms with Gasteiger partial charge in [-0.2, -0.15) is 0 Å². The van der Waals surface area contributed by atoms with E-state index in [2.05, 4.69) is 4.90 Å². The number of morpholine rings is 1. The number of carbonyl (C=O) groups is 2. The van der Waals surface area contributed by atoms with Gasteiger partial charge in [-0.05, 0) is 70.5 Å². The van der Waals surface area contributed by atoms with Crippen LogP contribution >= 0.6 is 0 Å². The topological polar surface area (TPSA) is 76.8 Å². The van der Waals surface area contributed by atoms with Gasteiger partial charge in [0.25, 0.3) is 11.8 Å². The van der Waals surface area contributed by atoms with Gasteiger partial charge in [-0.3, -0.25) is 18.7 Å². The van der Waals surface area contributed by atoms with Crippen molar-refractivity contribution in [1.82, 2.24) is 9.13 Å². The van der Waals surface area contributed by atoms with Crippen LogP contribution in [0.2, 0.25) is 0 Å². The number of carbonyl (C=O) groups excluding carboxylic acids is 2. The monoisotopic (exact) mass is 512 g/mol. The fraction of sp³-hybridized carbons (Fsp3) is 0.367. The molecule has 3 aromatic carbocycles. The van der Waals surface area contributed by atoms with Crippen molar-refractivity contribution >= 4 is 45.0 Å². The third-order valence-corrected chi connectivity index (χ3v) is 7.73. The van der Waals surface area contributed by atoms with E-state index in [0.717, 1.165) is 35.2 Å². The first kappa shape index (κ1) is 24.4. The number of nitrogens with zero attached hydrogens (tertiary/aromatic N) is 4. The second kappa shape index (κ2) is 8.84. The zero-order valence-corrected chi connectivity index (χ0v) is 22.4. The van der Waals surface area contributed by atoms with Crippen LogP contribution in [0.4, 0.5) is 11.4 Å². The van der Waals surface area contributed by atoms with Crippen molar-refractivity contribution in [2.24, 2.45) is 0 Å². The summed E-state index contributed by atoms with van der Waals surface area (Å²) in [6.45, 7) is 12.6. The van der Waals surface area contributed by atoms with Gasteiger partial charge in [0.1, 0.15) is 0 Å². The molecule has 1 aromatic heterocycles. The lowest BCUT2D eigenvalue weighted by molar-refractivity contribution is 0.0893. The summed E-state index contributed by atoms with van der Waals surface area (Å²) >= 11 is 0. The molecule has 8 nitrogen and oxygen atoms in total. The number of ether oxygens (including phenoxy) is 1. The summed E-state index contributed by atoms with van der Waals surface area (Å²) in [6, 6.07) is 13.1. The van der Waals surface area contributed by atoms with E-state index >= 15 is 0 Å². The summed E-state index contributed by atoms with van der Waals surface area (Å²) in [4.78, 5) is 44.8. The molecule has 6 rings (SSSR count). The van der Waals surface area contributed by atoms with E-state index in [4.69, 9.17) is 4.74 Å². The Morgan fingerprint density at radius 1 is 0.763 bits per heavy atom. The number of hydrogen-bond acceptors (Lipinski definition) is 5. The number of imide groups is 1. The molecule has 1 fully saturated rings. The Morgan fingerprint density at radius 3 is 2.00 bits per heavy atom. The van der Waals surface area contributed by atoms with Crippen molar-refractivity contribution in [2.75, 3.05) is 36.1 Å². The van der Waals surface area contributed by atoms with Gasteiger partial charge in [0.2, 0.25) is 0 Å². The Kier molecular flexibility index (Phi) is 5.68. The smallest absolute Gasteiger partial charge is 0.329 e. The minimum atomic E-state index is -0.351. The normalized spacial score (nSPS) is 16.1. The van der Waals surface area contributed by atoms with Gasteiger partial charge in [0.05, 0.1) is 29.9 Å². The van der Waals surface area contributed by atoms with Crippen molar-refractivity contribution in [3.05, 3.63) is 69.6 Å². The Hall–Kier alpha value is -3.91. The molecule has 0 bridgehead atoms. The fourth-order valence-electron chi connectivity index (χ4n) is 6.00. The average molecular weight is 513 g/mol. The molecule has 0 radical (unpaired) electrons. The molecule has 8 heteroatoms. The number of aromatic nitrogens is 2. The number of hydrogen-bond donors (Lipinski definition) is 0. The third kappa shape index (κ3) is 3.43. The zero-order chi connectivity index (χ0) is 26.9. The molecular weight excluding hydrogens is 480 g/mol. The van der Waals surface area contributed by atoms with Crippen LogP contribution in [0.3, 0.4) is 0 Å². The molecule has 0 aliphatic carbocycles. The SMILES string of the molecule is Cc1cc2c(cc1N1C(=O)c3cccc4c(N5CCOCC5)ccc(c34)C1=O)n(C(C)C)c(=O)n2C(C)C. The summed E-state index contributed by atoms with van der Waals surface area (Å²) in [5.74, 6) is -0.701. The number of amides is 2. The highest BCUT2D eigenvalue weighted by Crippen LogP contribution is 2.39. The molecule has 0 atom stereocenters.